The number of nitrogens with one attached hydrogen (secondary N) is 2. The van der Waals surface area contributed by atoms with E-state index in [1.165, 1.54) is 0 Å². The second kappa shape index (κ2) is 4.00. The predicted octanol–water partition coefficient (Wildman–Crippen LogP) is 2.41. The van der Waals surface area contributed by atoms with Gasteiger partial charge in [-0.25, -0.2) is 0 Å². The number of carbonyl (C=O) groups is 1. The van der Waals surface area contributed by atoms with Gasteiger partial charge in [0.1, 0.15) is 0 Å². The van der Waals surface area contributed by atoms with E-state index in [1.807, 2.05) is 31.2 Å². The van der Waals surface area contributed by atoms with Crippen molar-refractivity contribution in [3.63, 3.8) is 0 Å². The number of hydrogen-bond donors (Lipinski definition) is 2. The van der Waals surface area contributed by atoms with Crippen LogP contribution < -0.4 is 5.32 Å². The molecule has 1 fully saturated rings. The van der Waals surface area contributed by atoms with Crippen molar-refractivity contribution in [2.45, 2.75) is 25.8 Å². The van der Waals surface area contributed by atoms with E-state index >= 15 is 0 Å². The van der Waals surface area contributed by atoms with Gasteiger partial charge in [-0.15, -0.1) is 0 Å². The zero-order chi connectivity index (χ0) is 11.8. The fraction of sp³-hybridized carbons (Fsp3) is 0.357. The molecule has 3 rings (SSSR count). The molecule has 1 aromatic carbocycles. The van der Waals surface area contributed by atoms with Crippen molar-refractivity contribution >= 4 is 16.7 Å². The topological polar surface area (TPSA) is 44.9 Å². The lowest BCUT2D eigenvalue weighted by atomic mass is 10.00. The minimum Gasteiger partial charge on any atom is -0.358 e. The summed E-state index contributed by atoms with van der Waals surface area (Å²) in [4.78, 5) is 15.7. The number of para-hydroxylation sites is 1. The van der Waals surface area contributed by atoms with Gasteiger partial charge in [0.2, 0.25) is 0 Å². The first-order valence-electron chi connectivity index (χ1n) is 6.12. The summed E-state index contributed by atoms with van der Waals surface area (Å²) in [5.74, 6) is 0.234. The largest absolute Gasteiger partial charge is 0.358 e. The summed E-state index contributed by atoms with van der Waals surface area (Å²) in [6.07, 6.45) is 2.05. The normalized spacial score (nSPS) is 19.9. The molecular formula is C14H16N2O. The molecule has 88 valence electrons. The molecule has 3 nitrogen and oxygen atoms in total. The Morgan fingerprint density at radius 3 is 2.94 bits per heavy atom. The van der Waals surface area contributed by atoms with Crippen LogP contribution in [-0.4, -0.2) is 23.4 Å². The van der Waals surface area contributed by atoms with Crippen LogP contribution in [0.4, 0.5) is 0 Å². The predicted molar refractivity (Wildman–Crippen MR) is 68.4 cm³/mol. The van der Waals surface area contributed by atoms with Crippen molar-refractivity contribution in [3.8, 4) is 0 Å². The molecule has 1 aromatic heterocycles. The Kier molecular flexibility index (Phi) is 2.48. The molecule has 2 aromatic rings. The van der Waals surface area contributed by atoms with E-state index < -0.39 is 0 Å². The van der Waals surface area contributed by atoms with Crippen LogP contribution in [0, 0.1) is 6.92 Å². The molecule has 1 unspecified atom stereocenters. The number of benzene rings is 1. The average Bonchev–Trinajstić information content (AvgIpc) is 2.94. The van der Waals surface area contributed by atoms with Crippen LogP contribution in [-0.2, 0) is 0 Å². The molecule has 0 aliphatic carbocycles. The third kappa shape index (κ3) is 1.67. The second-order valence-electron chi connectivity index (χ2n) is 4.68. The van der Waals surface area contributed by atoms with Crippen LogP contribution in [0.2, 0.25) is 0 Å². The average molecular weight is 228 g/mol. The number of Topliss-reactive ketones (excluding diaryl/α,β-unsaturated/α-hetero) is 1. The zero-order valence-electron chi connectivity index (χ0n) is 9.92. The van der Waals surface area contributed by atoms with Gasteiger partial charge in [-0.3, -0.25) is 4.79 Å². The smallest absolute Gasteiger partial charge is 0.182 e. The van der Waals surface area contributed by atoms with Gasteiger partial charge in [-0.05, 0) is 32.4 Å². The van der Waals surface area contributed by atoms with E-state index in [2.05, 4.69) is 10.3 Å². The van der Waals surface area contributed by atoms with Gasteiger partial charge in [0.05, 0.1) is 6.04 Å². The van der Waals surface area contributed by atoms with Gasteiger partial charge in [-0.1, -0.05) is 18.2 Å². The van der Waals surface area contributed by atoms with E-state index in [9.17, 15) is 4.79 Å². The molecule has 1 atom stereocenters. The highest BCUT2D eigenvalue weighted by molar-refractivity contribution is 6.11. The van der Waals surface area contributed by atoms with Gasteiger partial charge in [0, 0.05) is 22.2 Å². The quantitative estimate of drug-likeness (QED) is 0.775. The van der Waals surface area contributed by atoms with E-state index in [1.54, 1.807) is 0 Å². The summed E-state index contributed by atoms with van der Waals surface area (Å²) in [6.45, 7) is 2.93. The van der Waals surface area contributed by atoms with Crippen LogP contribution in [0.3, 0.4) is 0 Å². The Morgan fingerprint density at radius 1 is 1.35 bits per heavy atom. The van der Waals surface area contributed by atoms with Crippen molar-refractivity contribution in [1.82, 2.24) is 10.3 Å². The number of H-pyrrole nitrogens is 1. The number of carbonyl (C=O) groups excluding carboxylic acids is 1. The number of ketones is 1. The summed E-state index contributed by atoms with van der Waals surface area (Å²) in [6, 6.07) is 8.00. The van der Waals surface area contributed by atoms with Gasteiger partial charge >= 0.3 is 0 Å². The minimum atomic E-state index is 0.00732. The van der Waals surface area contributed by atoms with Crippen molar-refractivity contribution in [1.29, 1.82) is 0 Å². The Hall–Kier alpha value is -1.61. The molecule has 1 saturated heterocycles. The zero-order valence-corrected chi connectivity index (χ0v) is 9.92. The van der Waals surface area contributed by atoms with Gasteiger partial charge in [0.15, 0.2) is 5.78 Å². The summed E-state index contributed by atoms with van der Waals surface area (Å²) in [5.41, 5.74) is 2.89. The highest BCUT2D eigenvalue weighted by atomic mass is 16.1. The SMILES string of the molecule is Cc1[nH]c2ccccc2c1C(=O)C1CCCN1. The Labute approximate surface area is 100 Å². The van der Waals surface area contributed by atoms with Crippen molar-refractivity contribution in [2.24, 2.45) is 0 Å². The lowest BCUT2D eigenvalue weighted by molar-refractivity contribution is 0.0953. The monoisotopic (exact) mass is 228 g/mol. The summed E-state index contributed by atoms with van der Waals surface area (Å²) in [5, 5.41) is 4.32. The molecule has 1 aliphatic rings. The van der Waals surface area contributed by atoms with Crippen LogP contribution in [0.1, 0.15) is 28.9 Å². The molecule has 0 bridgehead atoms. The minimum absolute atomic E-state index is 0.00732. The van der Waals surface area contributed by atoms with E-state index in [0.29, 0.717) is 0 Å². The van der Waals surface area contributed by atoms with Crippen LogP contribution in [0.25, 0.3) is 10.9 Å². The standard InChI is InChI=1S/C14H16N2O/c1-9-13(14(17)12-7-4-8-15-12)10-5-2-3-6-11(10)16-9/h2-3,5-6,12,15-16H,4,7-8H2,1H3. The fourth-order valence-electron chi connectivity index (χ4n) is 2.68. The summed E-state index contributed by atoms with van der Waals surface area (Å²) in [7, 11) is 0. The third-order valence-corrected chi connectivity index (χ3v) is 3.52. The van der Waals surface area contributed by atoms with Crippen molar-refractivity contribution in [3.05, 3.63) is 35.5 Å². The number of fused-ring (bicyclic) bond motifs is 1. The van der Waals surface area contributed by atoms with E-state index in [0.717, 1.165) is 41.5 Å². The number of aromatic amines is 1. The van der Waals surface area contributed by atoms with E-state index in [-0.39, 0.29) is 11.8 Å². The van der Waals surface area contributed by atoms with Crippen molar-refractivity contribution in [2.75, 3.05) is 6.54 Å². The molecular weight excluding hydrogens is 212 g/mol. The highest BCUT2D eigenvalue weighted by Gasteiger charge is 2.26. The maximum Gasteiger partial charge on any atom is 0.182 e. The fourth-order valence-corrected chi connectivity index (χ4v) is 2.68. The first-order chi connectivity index (χ1) is 8.27. The molecule has 0 spiro atoms. The number of aromatic nitrogens is 1. The molecule has 2 N–H and O–H groups in total. The molecule has 3 heteroatoms. The second-order valence-corrected chi connectivity index (χ2v) is 4.68. The Balaban J connectivity index is 2.09. The molecule has 0 amide bonds. The lowest BCUT2D eigenvalue weighted by Gasteiger charge is -2.08. The molecule has 0 saturated carbocycles. The Bertz CT molecular complexity index is 565. The van der Waals surface area contributed by atoms with Crippen molar-refractivity contribution < 1.29 is 4.79 Å². The summed E-state index contributed by atoms with van der Waals surface area (Å²) < 4.78 is 0. The van der Waals surface area contributed by atoms with Crippen LogP contribution in [0.15, 0.2) is 24.3 Å². The first-order valence-corrected chi connectivity index (χ1v) is 6.12. The molecule has 17 heavy (non-hydrogen) atoms. The lowest BCUT2D eigenvalue weighted by Crippen LogP contribution is -2.31. The number of hydrogen-bond acceptors (Lipinski definition) is 2. The molecule has 2 heterocycles. The van der Waals surface area contributed by atoms with Crippen LogP contribution in [0.5, 0.6) is 0 Å². The maximum absolute atomic E-state index is 12.5. The molecule has 1 aliphatic heterocycles. The van der Waals surface area contributed by atoms with Gasteiger partial charge in [0.25, 0.3) is 0 Å². The number of rotatable bonds is 2. The number of aryl methyl sites for hydroxylation is 1. The first kappa shape index (κ1) is 10.5. The molecule has 0 radical (unpaired) electrons. The Morgan fingerprint density at radius 2 is 2.18 bits per heavy atom. The van der Waals surface area contributed by atoms with Crippen LogP contribution >= 0.6 is 0 Å². The van der Waals surface area contributed by atoms with Gasteiger partial charge in [-0.2, -0.15) is 0 Å². The maximum atomic E-state index is 12.5. The van der Waals surface area contributed by atoms with Gasteiger partial charge < -0.3 is 10.3 Å². The third-order valence-electron chi connectivity index (χ3n) is 3.52. The van der Waals surface area contributed by atoms with E-state index in [4.69, 9.17) is 0 Å². The highest BCUT2D eigenvalue weighted by Crippen LogP contribution is 2.24. The summed E-state index contributed by atoms with van der Waals surface area (Å²) >= 11 is 0.